The van der Waals surface area contributed by atoms with Crippen molar-refractivity contribution in [1.29, 1.82) is 0 Å². The fraction of sp³-hybridized carbons (Fsp3) is 0.467. The van der Waals surface area contributed by atoms with Crippen LogP contribution in [0.4, 0.5) is 24.5 Å². The summed E-state index contributed by atoms with van der Waals surface area (Å²) in [6.07, 6.45) is -3.39. The number of methoxy groups -OCH3 is 1. The van der Waals surface area contributed by atoms with E-state index in [1.165, 1.54) is 13.2 Å². The number of nitrogens with one attached hydrogen (secondary N) is 1. The minimum atomic E-state index is -4.82. The highest BCUT2D eigenvalue weighted by Gasteiger charge is 2.38. The number of benzene rings is 1. The standard InChI is InChI=1S/C15H16F3N5O3/c1-26-8-13-20-14-11(3-2-6-22(14)21-13)19-9-4-5-12(23(24)25)10(7-9)15(16,17)18/h4-5,7,11,19H,2-3,6,8H2,1H3. The van der Waals surface area contributed by atoms with E-state index < -0.39 is 22.4 Å². The second-order valence-corrected chi connectivity index (χ2v) is 5.87. The molecule has 0 amide bonds. The zero-order valence-corrected chi connectivity index (χ0v) is 13.8. The summed E-state index contributed by atoms with van der Waals surface area (Å²) < 4.78 is 46.1. The van der Waals surface area contributed by atoms with Gasteiger partial charge >= 0.3 is 6.18 Å². The SMILES string of the molecule is COCc1nc2n(n1)CCCC2Nc1ccc([N+](=O)[O-])c(C(F)(F)F)c1. The van der Waals surface area contributed by atoms with Crippen LogP contribution in [-0.4, -0.2) is 26.8 Å². The number of rotatable bonds is 5. The summed E-state index contributed by atoms with van der Waals surface area (Å²) in [4.78, 5) is 14.2. The number of nitrogens with zero attached hydrogens (tertiary/aromatic N) is 4. The number of hydrogen-bond donors (Lipinski definition) is 1. The van der Waals surface area contributed by atoms with Crippen LogP contribution >= 0.6 is 0 Å². The van der Waals surface area contributed by atoms with Gasteiger partial charge in [-0.15, -0.1) is 0 Å². The van der Waals surface area contributed by atoms with Gasteiger partial charge in [-0.05, 0) is 25.0 Å². The summed E-state index contributed by atoms with van der Waals surface area (Å²) in [6.45, 7) is 0.904. The number of hydrogen-bond acceptors (Lipinski definition) is 6. The molecule has 140 valence electrons. The van der Waals surface area contributed by atoms with Gasteiger partial charge in [0.15, 0.2) is 5.82 Å². The van der Waals surface area contributed by atoms with Gasteiger partial charge < -0.3 is 10.1 Å². The highest BCUT2D eigenvalue weighted by molar-refractivity contribution is 5.55. The van der Waals surface area contributed by atoms with Gasteiger partial charge in [-0.2, -0.15) is 18.3 Å². The minimum absolute atomic E-state index is 0.137. The lowest BCUT2D eigenvalue weighted by molar-refractivity contribution is -0.388. The maximum absolute atomic E-state index is 13.1. The Hall–Kier alpha value is -2.69. The predicted octanol–water partition coefficient (Wildman–Crippen LogP) is 3.30. The van der Waals surface area contributed by atoms with Crippen LogP contribution in [-0.2, 0) is 24.1 Å². The molecule has 0 saturated heterocycles. The van der Waals surface area contributed by atoms with Gasteiger partial charge in [0.2, 0.25) is 0 Å². The van der Waals surface area contributed by atoms with Gasteiger partial charge in [-0.25, -0.2) is 9.67 Å². The van der Waals surface area contributed by atoms with Gasteiger partial charge in [0.25, 0.3) is 5.69 Å². The van der Waals surface area contributed by atoms with Crippen LogP contribution in [0.15, 0.2) is 18.2 Å². The molecule has 0 bridgehead atoms. The van der Waals surface area contributed by atoms with Gasteiger partial charge in [-0.3, -0.25) is 10.1 Å². The molecule has 1 aliphatic rings. The first-order chi connectivity index (χ1) is 12.3. The van der Waals surface area contributed by atoms with Crippen molar-refractivity contribution in [3.63, 3.8) is 0 Å². The maximum atomic E-state index is 13.1. The molecule has 3 rings (SSSR count). The van der Waals surface area contributed by atoms with Gasteiger partial charge in [0.1, 0.15) is 18.0 Å². The third-order valence-corrected chi connectivity index (χ3v) is 4.03. The fourth-order valence-electron chi connectivity index (χ4n) is 2.94. The number of ether oxygens (including phenoxy) is 1. The van der Waals surface area contributed by atoms with E-state index >= 15 is 0 Å². The molecule has 0 radical (unpaired) electrons. The Kier molecular flexibility index (Phi) is 4.81. The molecule has 8 nitrogen and oxygen atoms in total. The number of fused-ring (bicyclic) bond motifs is 1. The first kappa shape index (κ1) is 18.1. The van der Waals surface area contributed by atoms with Crippen molar-refractivity contribution < 1.29 is 22.8 Å². The first-order valence-electron chi connectivity index (χ1n) is 7.84. The summed E-state index contributed by atoms with van der Waals surface area (Å²) in [7, 11) is 1.52. The summed E-state index contributed by atoms with van der Waals surface area (Å²) in [6, 6.07) is 2.53. The Morgan fingerprint density at radius 1 is 1.46 bits per heavy atom. The van der Waals surface area contributed by atoms with Crippen molar-refractivity contribution in [1.82, 2.24) is 14.8 Å². The van der Waals surface area contributed by atoms with Crippen molar-refractivity contribution in [2.75, 3.05) is 12.4 Å². The second-order valence-electron chi connectivity index (χ2n) is 5.87. The minimum Gasteiger partial charge on any atom is -0.377 e. The van der Waals surface area contributed by atoms with E-state index in [1.54, 1.807) is 4.68 Å². The number of nitro benzene ring substituents is 1. The molecule has 2 aromatic rings. The van der Waals surface area contributed by atoms with E-state index in [2.05, 4.69) is 15.4 Å². The monoisotopic (exact) mass is 371 g/mol. The van der Waals surface area contributed by atoms with Crippen LogP contribution in [0, 0.1) is 10.1 Å². The molecule has 0 aliphatic carbocycles. The van der Waals surface area contributed by atoms with Crippen molar-refractivity contribution in [2.24, 2.45) is 0 Å². The quantitative estimate of drug-likeness (QED) is 0.640. The number of nitro groups is 1. The molecule has 11 heteroatoms. The van der Waals surface area contributed by atoms with E-state index in [9.17, 15) is 23.3 Å². The first-order valence-corrected chi connectivity index (χ1v) is 7.84. The third-order valence-electron chi connectivity index (χ3n) is 4.03. The van der Waals surface area contributed by atoms with E-state index in [1.807, 2.05) is 0 Å². The zero-order chi connectivity index (χ0) is 18.9. The molecular formula is C15H16F3N5O3. The van der Waals surface area contributed by atoms with Gasteiger partial charge in [0.05, 0.1) is 11.0 Å². The van der Waals surface area contributed by atoms with Crippen molar-refractivity contribution in [3.05, 3.63) is 45.5 Å². The molecule has 0 spiro atoms. The largest absolute Gasteiger partial charge is 0.423 e. The lowest BCUT2D eigenvalue weighted by atomic mass is 10.1. The van der Waals surface area contributed by atoms with E-state index in [-0.39, 0.29) is 18.3 Å². The Labute approximate surface area is 146 Å². The Morgan fingerprint density at radius 3 is 2.88 bits per heavy atom. The average Bonchev–Trinajstić information content (AvgIpc) is 2.98. The summed E-state index contributed by atoms with van der Waals surface area (Å²) in [5.41, 5.74) is -2.13. The van der Waals surface area contributed by atoms with Crippen LogP contribution in [0.2, 0.25) is 0 Å². The molecule has 0 fully saturated rings. The molecule has 1 unspecified atom stereocenters. The molecule has 1 aromatic heterocycles. The maximum Gasteiger partial charge on any atom is 0.423 e. The number of alkyl halides is 3. The summed E-state index contributed by atoms with van der Waals surface area (Å²) >= 11 is 0. The number of halogens is 3. The number of anilines is 1. The van der Waals surface area contributed by atoms with Crippen molar-refractivity contribution in [2.45, 2.75) is 38.2 Å². The molecule has 1 atom stereocenters. The molecule has 2 heterocycles. The molecule has 1 N–H and O–H groups in total. The topological polar surface area (TPSA) is 95.1 Å². The lowest BCUT2D eigenvalue weighted by Crippen LogP contribution is -2.23. The van der Waals surface area contributed by atoms with E-state index in [0.29, 0.717) is 24.6 Å². The highest BCUT2D eigenvalue weighted by atomic mass is 19.4. The van der Waals surface area contributed by atoms with Gasteiger partial charge in [0, 0.05) is 25.4 Å². The third kappa shape index (κ3) is 3.62. The highest BCUT2D eigenvalue weighted by Crippen LogP contribution is 2.38. The zero-order valence-electron chi connectivity index (χ0n) is 13.8. The fourth-order valence-corrected chi connectivity index (χ4v) is 2.94. The summed E-state index contributed by atoms with van der Waals surface area (Å²) in [5, 5.41) is 18.1. The van der Waals surface area contributed by atoms with Crippen LogP contribution in [0.5, 0.6) is 0 Å². The number of aromatic nitrogens is 3. The average molecular weight is 371 g/mol. The van der Waals surface area contributed by atoms with Crippen LogP contribution in [0.1, 0.15) is 36.1 Å². The van der Waals surface area contributed by atoms with E-state index in [0.717, 1.165) is 18.6 Å². The second kappa shape index (κ2) is 6.90. The Bertz CT molecular complexity index is 821. The molecule has 1 aliphatic heterocycles. The lowest BCUT2D eigenvalue weighted by Gasteiger charge is -2.24. The Balaban J connectivity index is 1.90. The normalized spacial score (nSPS) is 17.0. The molecule has 26 heavy (non-hydrogen) atoms. The number of aryl methyl sites for hydroxylation is 1. The molecule has 1 aromatic carbocycles. The van der Waals surface area contributed by atoms with E-state index in [4.69, 9.17) is 4.74 Å². The van der Waals surface area contributed by atoms with Crippen LogP contribution < -0.4 is 5.32 Å². The van der Waals surface area contributed by atoms with Crippen molar-refractivity contribution in [3.8, 4) is 0 Å². The smallest absolute Gasteiger partial charge is 0.377 e. The van der Waals surface area contributed by atoms with Crippen LogP contribution in [0.3, 0.4) is 0 Å². The molecule has 0 saturated carbocycles. The molecular weight excluding hydrogens is 355 g/mol. The van der Waals surface area contributed by atoms with Gasteiger partial charge in [-0.1, -0.05) is 0 Å². The van der Waals surface area contributed by atoms with Crippen molar-refractivity contribution >= 4 is 11.4 Å². The predicted molar refractivity (Wildman–Crippen MR) is 84.4 cm³/mol. The summed E-state index contributed by atoms with van der Waals surface area (Å²) in [5.74, 6) is 1.10. The Morgan fingerprint density at radius 2 is 2.23 bits per heavy atom. The van der Waals surface area contributed by atoms with Crippen LogP contribution in [0.25, 0.3) is 0 Å².